The first-order valence-electron chi connectivity index (χ1n) is 18.8. The van der Waals surface area contributed by atoms with Crippen LogP contribution in [0.2, 0.25) is 0 Å². The molecule has 0 fully saturated rings. The largest absolute Gasteiger partial charge is 0.310 e. The minimum atomic E-state index is -0.102. The molecule has 3 aliphatic rings. The third kappa shape index (κ3) is 5.10. The van der Waals surface area contributed by atoms with Gasteiger partial charge in [0.1, 0.15) is 0 Å². The Morgan fingerprint density at radius 1 is 0.531 bits per heavy atom. The van der Waals surface area contributed by atoms with Crippen molar-refractivity contribution in [1.29, 1.82) is 0 Å². The lowest BCUT2D eigenvalue weighted by Gasteiger charge is -2.43. The van der Waals surface area contributed by atoms with Crippen LogP contribution < -0.4 is 4.90 Å². The summed E-state index contributed by atoms with van der Waals surface area (Å²) < 4.78 is 0. The molecule has 1 heteroatoms. The van der Waals surface area contributed by atoms with E-state index in [9.17, 15) is 0 Å². The van der Waals surface area contributed by atoms with Crippen LogP contribution in [-0.4, -0.2) is 0 Å². The summed E-state index contributed by atoms with van der Waals surface area (Å²) in [6.07, 6.45) is 7.32. The normalized spacial score (nSPS) is 18.0. The van der Waals surface area contributed by atoms with E-state index in [1.807, 2.05) is 0 Å². The van der Waals surface area contributed by atoms with Crippen molar-refractivity contribution in [1.82, 2.24) is 0 Å². The molecule has 0 heterocycles. The molecule has 0 saturated heterocycles. The van der Waals surface area contributed by atoms with Crippen molar-refractivity contribution in [2.24, 2.45) is 0 Å². The highest BCUT2D eigenvalue weighted by molar-refractivity contribution is 5.96. The minimum absolute atomic E-state index is 0.0708. The predicted molar refractivity (Wildman–Crippen MR) is 210 cm³/mol. The van der Waals surface area contributed by atoms with Gasteiger partial charge in [0.25, 0.3) is 0 Å². The van der Waals surface area contributed by atoms with Gasteiger partial charge in [-0.15, -0.1) is 0 Å². The molecule has 5 aromatic rings. The van der Waals surface area contributed by atoms with Gasteiger partial charge >= 0.3 is 0 Å². The topological polar surface area (TPSA) is 3.24 Å². The first kappa shape index (κ1) is 32.1. The summed E-state index contributed by atoms with van der Waals surface area (Å²) in [4.78, 5) is 2.64. The van der Waals surface area contributed by atoms with E-state index in [-0.39, 0.29) is 16.2 Å². The number of aryl methyl sites for hydroxylation is 2. The molecule has 0 bridgehead atoms. The highest BCUT2D eigenvalue weighted by atomic mass is 15.1. The summed E-state index contributed by atoms with van der Waals surface area (Å²) in [5.41, 5.74) is 19.8. The monoisotopic (exact) mass is 643 g/mol. The summed E-state index contributed by atoms with van der Waals surface area (Å²) in [6.45, 7) is 19.4. The fourth-order valence-electron chi connectivity index (χ4n) is 9.52. The number of hydrogen-bond acceptors (Lipinski definition) is 1. The fraction of sp³-hybridized carbons (Fsp3) is 0.375. The second-order valence-electron chi connectivity index (χ2n) is 17.3. The lowest BCUT2D eigenvalue weighted by molar-refractivity contribution is 0.333. The fourth-order valence-corrected chi connectivity index (χ4v) is 9.52. The first-order chi connectivity index (χ1) is 23.4. The number of nitrogens with zero attached hydrogens (tertiary/aromatic N) is 1. The van der Waals surface area contributed by atoms with E-state index in [1.165, 1.54) is 105 Å². The highest BCUT2D eigenvalue weighted by Gasteiger charge is 2.41. The number of anilines is 3. The van der Waals surface area contributed by atoms with Crippen LogP contribution in [0.3, 0.4) is 0 Å². The number of hydrogen-bond donors (Lipinski definition) is 0. The van der Waals surface area contributed by atoms with Crippen molar-refractivity contribution in [2.45, 2.75) is 116 Å². The Kier molecular flexibility index (Phi) is 7.52. The Morgan fingerprint density at radius 2 is 1.16 bits per heavy atom. The van der Waals surface area contributed by atoms with E-state index >= 15 is 0 Å². The van der Waals surface area contributed by atoms with Gasteiger partial charge in [-0.25, -0.2) is 0 Å². The van der Waals surface area contributed by atoms with Crippen LogP contribution in [0.4, 0.5) is 17.1 Å². The van der Waals surface area contributed by atoms with Gasteiger partial charge in [0.15, 0.2) is 0 Å². The van der Waals surface area contributed by atoms with E-state index in [2.05, 4.69) is 157 Å². The van der Waals surface area contributed by atoms with Crippen molar-refractivity contribution in [2.75, 3.05) is 4.90 Å². The van der Waals surface area contributed by atoms with Gasteiger partial charge in [0.2, 0.25) is 0 Å². The first-order valence-corrected chi connectivity index (χ1v) is 18.8. The Hall–Kier alpha value is -4.10. The molecule has 0 N–H and O–H groups in total. The molecular weight excluding hydrogens is 591 g/mol. The summed E-state index contributed by atoms with van der Waals surface area (Å²) in [5.74, 6) is 0.399. The number of benzene rings is 5. The molecule has 250 valence electrons. The molecule has 0 saturated carbocycles. The van der Waals surface area contributed by atoms with Crippen molar-refractivity contribution in [3.63, 3.8) is 0 Å². The zero-order valence-corrected chi connectivity index (χ0v) is 31.0. The molecule has 3 aliphatic carbocycles. The quantitative estimate of drug-likeness (QED) is 0.184. The van der Waals surface area contributed by atoms with E-state index in [0.717, 1.165) is 6.42 Å². The summed E-state index contributed by atoms with van der Waals surface area (Å²) in [6, 6.07) is 37.8. The van der Waals surface area contributed by atoms with E-state index < -0.39 is 0 Å². The molecular formula is C48H53N. The van der Waals surface area contributed by atoms with Crippen LogP contribution in [0, 0.1) is 0 Å². The molecule has 0 unspecified atom stereocenters. The van der Waals surface area contributed by atoms with Crippen LogP contribution >= 0.6 is 0 Å². The minimum Gasteiger partial charge on any atom is -0.310 e. The molecule has 0 amide bonds. The Bertz CT molecular complexity index is 2070. The van der Waals surface area contributed by atoms with Gasteiger partial charge < -0.3 is 4.90 Å². The molecule has 1 nitrogen and oxygen atoms in total. The van der Waals surface area contributed by atoms with E-state index in [4.69, 9.17) is 0 Å². The molecule has 0 aromatic heterocycles. The lowest BCUT2D eigenvalue weighted by atomic mass is 9.61. The number of para-hydroxylation sites is 1. The molecule has 8 rings (SSSR count). The van der Waals surface area contributed by atoms with Crippen LogP contribution in [0.25, 0.3) is 22.3 Å². The van der Waals surface area contributed by atoms with Crippen molar-refractivity contribution in [3.8, 4) is 22.3 Å². The average molecular weight is 644 g/mol. The average Bonchev–Trinajstić information content (AvgIpc) is 3.32. The van der Waals surface area contributed by atoms with Gasteiger partial charge in [-0.2, -0.15) is 0 Å². The molecule has 0 atom stereocenters. The predicted octanol–water partition coefficient (Wildman–Crippen LogP) is 13.5. The van der Waals surface area contributed by atoms with Crippen LogP contribution in [0.5, 0.6) is 0 Å². The van der Waals surface area contributed by atoms with Gasteiger partial charge in [0.05, 0.1) is 5.69 Å². The third-order valence-electron chi connectivity index (χ3n) is 12.4. The summed E-state index contributed by atoms with van der Waals surface area (Å²) in [7, 11) is 0. The van der Waals surface area contributed by atoms with Crippen LogP contribution in [0.1, 0.15) is 126 Å². The second kappa shape index (κ2) is 11.5. The standard InChI is InChI=1S/C48H53N/c1-31(2)37-27-32-17-12-13-18-33(32)28-43(37)49(34-19-10-9-11-20-34)44-30-42-38(35-21-14-15-23-40(35)48(42,7)8)29-39(44)36-22-16-24-41-45(36)47(5,6)26-25-46(41,3)4/h9-11,14-16,19-24,27-31H,12-13,17-18,25-26H2,1-8H3. The maximum absolute atomic E-state index is 2.64. The van der Waals surface area contributed by atoms with Crippen LogP contribution in [0.15, 0.2) is 97.1 Å². The summed E-state index contributed by atoms with van der Waals surface area (Å²) in [5, 5.41) is 0. The smallest absolute Gasteiger partial charge is 0.0543 e. The molecule has 0 aliphatic heterocycles. The van der Waals surface area contributed by atoms with E-state index in [0.29, 0.717) is 5.92 Å². The maximum Gasteiger partial charge on any atom is 0.0543 e. The zero-order valence-electron chi connectivity index (χ0n) is 31.0. The zero-order chi connectivity index (χ0) is 34.3. The molecule has 0 radical (unpaired) electrons. The SMILES string of the molecule is CC(C)c1cc2c(cc1N(c1ccccc1)c1cc3c(cc1-c1cccc4c1C(C)(C)CCC4(C)C)-c1ccccc1C3(C)C)CCCC2. The summed E-state index contributed by atoms with van der Waals surface area (Å²) >= 11 is 0. The molecule has 5 aromatic carbocycles. The Labute approximate surface area is 295 Å². The van der Waals surface area contributed by atoms with Gasteiger partial charge in [0, 0.05) is 22.4 Å². The lowest BCUT2D eigenvalue weighted by Crippen LogP contribution is -2.34. The number of fused-ring (bicyclic) bond motifs is 5. The molecule has 49 heavy (non-hydrogen) atoms. The van der Waals surface area contributed by atoms with Crippen molar-refractivity contribution in [3.05, 3.63) is 136 Å². The van der Waals surface area contributed by atoms with Gasteiger partial charge in [-0.1, -0.05) is 122 Å². The third-order valence-corrected chi connectivity index (χ3v) is 12.4. The Morgan fingerprint density at radius 3 is 1.90 bits per heavy atom. The Balaban J connectivity index is 1.50. The highest BCUT2D eigenvalue weighted by Crippen LogP contribution is 2.56. The van der Waals surface area contributed by atoms with Crippen LogP contribution in [-0.2, 0) is 29.1 Å². The van der Waals surface area contributed by atoms with Crippen molar-refractivity contribution >= 4 is 17.1 Å². The van der Waals surface area contributed by atoms with Gasteiger partial charge in [-0.05, 0) is 141 Å². The van der Waals surface area contributed by atoms with E-state index in [1.54, 1.807) is 5.56 Å². The number of rotatable bonds is 5. The maximum atomic E-state index is 2.64. The van der Waals surface area contributed by atoms with Gasteiger partial charge in [-0.3, -0.25) is 0 Å². The second-order valence-corrected chi connectivity index (χ2v) is 17.3. The van der Waals surface area contributed by atoms with Crippen molar-refractivity contribution < 1.29 is 0 Å². The molecule has 0 spiro atoms.